The summed E-state index contributed by atoms with van der Waals surface area (Å²) < 4.78 is 7.08. The summed E-state index contributed by atoms with van der Waals surface area (Å²) >= 11 is 0. The molecule has 0 atom stereocenters. The Hall–Kier alpha value is -4.89. The Bertz CT molecular complexity index is 1910. The number of aryl methyl sites for hydroxylation is 6. The number of nitrogens with zero attached hydrogens (tertiary/aromatic N) is 3. The zero-order chi connectivity index (χ0) is 34.5. The predicted octanol–water partition coefficient (Wildman–Crippen LogP) is 10.2. The van der Waals surface area contributed by atoms with Gasteiger partial charge in [-0.1, -0.05) is 72.8 Å². The molecule has 0 spiro atoms. The first-order valence-electron chi connectivity index (χ1n) is 19.5. The Labute approximate surface area is 304 Å². The van der Waals surface area contributed by atoms with Gasteiger partial charge in [-0.3, -0.25) is 0 Å². The number of benzene rings is 4. The SMILES string of the molecule is c1ccc2c[n+](CCCCCc3cc(CCCCC[n+]4ccc5ccccc5c4)cc(CCCCC[n+]4ccc5ccccc5c4)c3)ccc2c1. The molecule has 0 radical (unpaired) electrons. The minimum Gasteiger partial charge on any atom is -0.205 e. The molecule has 3 nitrogen and oxygen atoms in total. The van der Waals surface area contributed by atoms with Crippen LogP contribution in [0.1, 0.15) is 74.5 Å². The van der Waals surface area contributed by atoms with Gasteiger partial charge in [0.05, 0.1) is 0 Å². The van der Waals surface area contributed by atoms with Crippen LogP contribution in [0.25, 0.3) is 32.3 Å². The van der Waals surface area contributed by atoms with Gasteiger partial charge in [-0.05, 0) is 109 Å². The normalized spacial score (nSPS) is 11.5. The van der Waals surface area contributed by atoms with E-state index < -0.39 is 0 Å². The van der Waals surface area contributed by atoms with Crippen molar-refractivity contribution in [3.8, 4) is 0 Å². The minimum atomic E-state index is 1.09. The summed E-state index contributed by atoms with van der Waals surface area (Å²) in [6, 6.07) is 40.3. The molecule has 0 aliphatic heterocycles. The van der Waals surface area contributed by atoms with Crippen LogP contribution in [0.2, 0.25) is 0 Å². The smallest absolute Gasteiger partial charge is 0.176 e. The van der Waals surface area contributed by atoms with Crippen LogP contribution in [0.15, 0.2) is 146 Å². The van der Waals surface area contributed by atoms with E-state index in [4.69, 9.17) is 0 Å². The highest BCUT2D eigenvalue weighted by atomic mass is 14.9. The number of unbranched alkanes of at least 4 members (excludes halogenated alkanes) is 6. The highest BCUT2D eigenvalue weighted by Gasteiger charge is 2.08. The molecule has 3 heteroatoms. The lowest BCUT2D eigenvalue weighted by Gasteiger charge is -2.11. The molecule has 3 aromatic heterocycles. The first kappa shape index (κ1) is 34.6. The standard InChI is InChI=1S/C48H54N3/c1(13-28-49-31-25-43-19-7-10-22-46(43)37-49)4-16-40-34-41(17-5-2-14-29-50-32-26-44-20-8-11-23-47(44)38-50)36-42(35-40)18-6-3-15-30-51-33-27-45-21-9-12-24-48(45)39-51/h7-12,19-27,31-39H,1-6,13-18,28-30H2/q+3. The lowest BCUT2D eigenvalue weighted by Crippen LogP contribution is -2.32. The average Bonchev–Trinajstić information content (AvgIpc) is 3.17. The summed E-state index contributed by atoms with van der Waals surface area (Å²) in [5.41, 5.74) is 4.62. The molecule has 0 aliphatic carbocycles. The molecule has 7 rings (SSSR count). The van der Waals surface area contributed by atoms with E-state index in [0.29, 0.717) is 0 Å². The third-order valence-electron chi connectivity index (χ3n) is 10.5. The van der Waals surface area contributed by atoms with Crippen LogP contribution in [0, 0.1) is 0 Å². The molecule has 0 amide bonds. The summed E-state index contributed by atoms with van der Waals surface area (Å²) in [5, 5.41) is 7.92. The summed E-state index contributed by atoms with van der Waals surface area (Å²) in [6.45, 7) is 3.27. The van der Waals surface area contributed by atoms with Gasteiger partial charge in [-0.25, -0.2) is 13.7 Å². The van der Waals surface area contributed by atoms with Crippen molar-refractivity contribution in [2.24, 2.45) is 0 Å². The Morgan fingerprint density at radius 3 is 0.902 bits per heavy atom. The predicted molar refractivity (Wildman–Crippen MR) is 212 cm³/mol. The van der Waals surface area contributed by atoms with Crippen molar-refractivity contribution in [3.05, 3.63) is 163 Å². The maximum Gasteiger partial charge on any atom is 0.176 e. The minimum absolute atomic E-state index is 1.09. The van der Waals surface area contributed by atoms with E-state index in [1.807, 2.05) is 0 Å². The van der Waals surface area contributed by atoms with Crippen LogP contribution < -0.4 is 13.7 Å². The number of aromatic nitrogens is 3. The quantitative estimate of drug-likeness (QED) is 0.0635. The molecule has 0 fully saturated rings. The lowest BCUT2D eigenvalue weighted by atomic mass is 9.95. The molecule has 51 heavy (non-hydrogen) atoms. The van der Waals surface area contributed by atoms with Crippen molar-refractivity contribution in [1.82, 2.24) is 0 Å². The molecular formula is C48H54N3+3. The molecule has 4 aromatic carbocycles. The third kappa shape index (κ3) is 10.1. The first-order chi connectivity index (χ1) is 25.2. The van der Waals surface area contributed by atoms with Crippen molar-refractivity contribution >= 4 is 32.3 Å². The lowest BCUT2D eigenvalue weighted by molar-refractivity contribution is -0.696. The van der Waals surface area contributed by atoms with Gasteiger partial charge in [0.1, 0.15) is 19.6 Å². The van der Waals surface area contributed by atoms with Gasteiger partial charge in [0.2, 0.25) is 0 Å². The van der Waals surface area contributed by atoms with Crippen molar-refractivity contribution in [3.63, 3.8) is 0 Å². The molecule has 0 saturated heterocycles. The second kappa shape index (κ2) is 17.9. The van der Waals surface area contributed by atoms with Gasteiger partial charge in [0.25, 0.3) is 0 Å². The Kier molecular flexibility index (Phi) is 12.1. The molecule has 7 aromatic rings. The fourth-order valence-electron chi connectivity index (χ4n) is 7.62. The Morgan fingerprint density at radius 2 is 0.588 bits per heavy atom. The molecule has 0 saturated carbocycles. The van der Waals surface area contributed by atoms with Crippen LogP contribution in [0.4, 0.5) is 0 Å². The Balaban J connectivity index is 0.897. The van der Waals surface area contributed by atoms with E-state index in [2.05, 4.69) is 160 Å². The second-order valence-corrected chi connectivity index (χ2v) is 14.5. The number of hydrogen-bond acceptors (Lipinski definition) is 0. The number of pyridine rings is 3. The number of rotatable bonds is 18. The number of hydrogen-bond donors (Lipinski definition) is 0. The van der Waals surface area contributed by atoms with E-state index >= 15 is 0 Å². The molecule has 0 unspecified atom stereocenters. The van der Waals surface area contributed by atoms with E-state index in [9.17, 15) is 0 Å². The second-order valence-electron chi connectivity index (χ2n) is 14.5. The summed E-state index contributed by atoms with van der Waals surface area (Å²) in [7, 11) is 0. The van der Waals surface area contributed by atoms with Crippen molar-refractivity contribution in [1.29, 1.82) is 0 Å². The highest BCUT2D eigenvalue weighted by molar-refractivity contribution is 5.81. The monoisotopic (exact) mass is 672 g/mol. The molecule has 258 valence electrons. The van der Waals surface area contributed by atoms with E-state index in [0.717, 1.165) is 19.6 Å². The van der Waals surface area contributed by atoms with Crippen LogP contribution in [-0.2, 0) is 38.9 Å². The van der Waals surface area contributed by atoms with Gasteiger partial charge in [-0.15, -0.1) is 0 Å². The van der Waals surface area contributed by atoms with Crippen molar-refractivity contribution in [2.75, 3.05) is 0 Å². The molecular weight excluding hydrogens is 619 g/mol. The highest BCUT2D eigenvalue weighted by Crippen LogP contribution is 2.19. The van der Waals surface area contributed by atoms with Gasteiger partial charge < -0.3 is 0 Å². The van der Waals surface area contributed by atoms with Gasteiger partial charge in [0.15, 0.2) is 37.2 Å². The summed E-state index contributed by atoms with van der Waals surface area (Å²) in [6.07, 6.45) is 28.4. The van der Waals surface area contributed by atoms with Crippen LogP contribution in [0.3, 0.4) is 0 Å². The van der Waals surface area contributed by atoms with Crippen molar-refractivity contribution < 1.29 is 13.7 Å². The molecule has 3 heterocycles. The van der Waals surface area contributed by atoms with Crippen LogP contribution in [0.5, 0.6) is 0 Å². The summed E-state index contributed by atoms with van der Waals surface area (Å²) in [5.74, 6) is 0. The topological polar surface area (TPSA) is 11.6 Å². The maximum absolute atomic E-state index is 2.52. The largest absolute Gasteiger partial charge is 0.205 e. The van der Waals surface area contributed by atoms with Gasteiger partial charge in [-0.2, -0.15) is 0 Å². The first-order valence-corrected chi connectivity index (χ1v) is 19.5. The van der Waals surface area contributed by atoms with Crippen LogP contribution >= 0.6 is 0 Å². The molecule has 0 bridgehead atoms. The Morgan fingerprint density at radius 1 is 0.294 bits per heavy atom. The average molecular weight is 673 g/mol. The van der Waals surface area contributed by atoms with Gasteiger partial charge in [0, 0.05) is 53.6 Å². The van der Waals surface area contributed by atoms with Crippen molar-refractivity contribution in [2.45, 2.75) is 96.7 Å². The van der Waals surface area contributed by atoms with E-state index in [1.54, 1.807) is 16.7 Å². The maximum atomic E-state index is 2.52. The fourth-order valence-corrected chi connectivity index (χ4v) is 7.62. The van der Waals surface area contributed by atoms with Crippen LogP contribution in [-0.4, -0.2) is 0 Å². The molecule has 0 aliphatic rings. The number of fused-ring (bicyclic) bond motifs is 3. The molecule has 0 N–H and O–H groups in total. The van der Waals surface area contributed by atoms with Gasteiger partial charge >= 0.3 is 0 Å². The van der Waals surface area contributed by atoms with E-state index in [1.165, 1.54) is 109 Å². The zero-order valence-corrected chi connectivity index (χ0v) is 30.3. The van der Waals surface area contributed by atoms with E-state index in [-0.39, 0.29) is 0 Å². The fraction of sp³-hybridized carbons (Fsp3) is 0.312. The third-order valence-corrected chi connectivity index (χ3v) is 10.5. The summed E-state index contributed by atoms with van der Waals surface area (Å²) in [4.78, 5) is 0. The zero-order valence-electron chi connectivity index (χ0n) is 30.3.